The first-order valence-corrected chi connectivity index (χ1v) is 23.2. The number of Topliss-reactive ketones (excluding diaryl/α,β-unsaturated/α-hetero) is 1. The normalized spacial score (nSPS) is 30.0. The maximum atomic E-state index is 15.7. The Hall–Kier alpha value is -5.69. The van der Waals surface area contributed by atoms with Crippen molar-refractivity contribution in [2.45, 2.75) is 141 Å². The van der Waals surface area contributed by atoms with Crippen LogP contribution in [-0.4, -0.2) is 126 Å². The summed E-state index contributed by atoms with van der Waals surface area (Å²) in [6.45, 7) is 12.3. The number of nitrogens with one attached hydrogen (secondary N) is 1. The van der Waals surface area contributed by atoms with E-state index in [0.717, 1.165) is 0 Å². The number of ketones is 1. The van der Waals surface area contributed by atoms with Gasteiger partial charge in [0.1, 0.15) is 35.6 Å². The number of hydrogen-bond donors (Lipinski definition) is 3. The standard InChI is InChI=1S/C51H65NO17/c1-11-18-36(55)63-26-37(56)66-40(39(30-19-14-12-15-20-30)52-46(60)69-47(4,5)6)45(59)65-33-24-51(61)43(67-44(58)31-21-16-13-17-22-31)41-49(9,42(57)32(25-53)38(28(33)2)48(51,7)8)34(62-10)23-35-50(41,27-64-35)68-29(3)54/h12-17,19-22,32-35,39-41,43,53,61H,11,18,23-27H2,1-10H3,(H,52,60)/t32-,33+,34?,35-,39+,40-,41+,43+,49-,50+,51-/m1/s1. The molecule has 3 N–H and O–H groups in total. The number of amides is 1. The SMILES string of the molecule is CCCC(=O)OCC(=O)O[C@@H](C(=O)O[C@H]1C[C@@]2(O)[C@@H](OC(=O)c3ccccc3)[C@@H]3[C@]4(OC(C)=O)CO[C@@H]4CC(OC)[C@@]3(C)C(=O)[C@H](CO)C(=C1C)C2(C)C)[C@@H](NC(=O)OC(C)(C)C)c1ccccc1. The number of benzene rings is 2. The van der Waals surface area contributed by atoms with Gasteiger partial charge < -0.3 is 53.4 Å². The van der Waals surface area contributed by atoms with Gasteiger partial charge >= 0.3 is 35.9 Å². The fourth-order valence-electron chi connectivity index (χ4n) is 11.0. The average molecular weight is 964 g/mol. The van der Waals surface area contributed by atoms with Gasteiger partial charge in [0.2, 0.25) is 6.10 Å². The van der Waals surface area contributed by atoms with Crippen molar-refractivity contribution in [1.29, 1.82) is 0 Å². The third-order valence-corrected chi connectivity index (χ3v) is 14.2. The lowest BCUT2D eigenvalue weighted by atomic mass is 9.43. The Morgan fingerprint density at radius 3 is 2.13 bits per heavy atom. The fraction of sp³-hybridized carbons (Fsp3) is 0.588. The number of aliphatic hydroxyl groups is 2. The second-order valence-corrected chi connectivity index (χ2v) is 20.0. The summed E-state index contributed by atoms with van der Waals surface area (Å²) in [5.41, 5.74) is -7.65. The Morgan fingerprint density at radius 1 is 0.942 bits per heavy atom. The summed E-state index contributed by atoms with van der Waals surface area (Å²) < 4.78 is 47.5. The lowest BCUT2D eigenvalue weighted by Crippen LogP contribution is -2.81. The Labute approximate surface area is 401 Å². The Kier molecular flexibility index (Phi) is 15.5. The van der Waals surface area contributed by atoms with Crippen molar-refractivity contribution >= 4 is 41.7 Å². The average Bonchev–Trinajstić information content (AvgIpc) is 3.28. The molecule has 3 aliphatic carbocycles. The first-order chi connectivity index (χ1) is 32.4. The van der Waals surface area contributed by atoms with Crippen molar-refractivity contribution in [1.82, 2.24) is 5.32 Å². The molecule has 0 aromatic heterocycles. The fourth-order valence-corrected chi connectivity index (χ4v) is 11.0. The number of alkyl carbamates (subject to hydrolysis) is 1. The molecule has 0 spiro atoms. The van der Waals surface area contributed by atoms with E-state index < -0.39 is 137 Å². The molecule has 1 heterocycles. The van der Waals surface area contributed by atoms with Crippen molar-refractivity contribution < 1.29 is 81.7 Å². The quantitative estimate of drug-likeness (QED) is 0.120. The molecule has 4 aliphatic rings. The van der Waals surface area contributed by atoms with Crippen LogP contribution >= 0.6 is 0 Å². The molecular formula is C51H65NO17. The maximum absolute atomic E-state index is 15.7. The van der Waals surface area contributed by atoms with E-state index in [-0.39, 0.29) is 41.7 Å². The Bertz CT molecular complexity index is 2310. The van der Waals surface area contributed by atoms with Crippen LogP contribution in [0.1, 0.15) is 110 Å². The number of rotatable bonds is 15. The number of aliphatic hydroxyl groups excluding tert-OH is 1. The van der Waals surface area contributed by atoms with Crippen LogP contribution in [0.15, 0.2) is 71.8 Å². The van der Waals surface area contributed by atoms with E-state index in [1.807, 2.05) is 0 Å². The second-order valence-electron chi connectivity index (χ2n) is 20.0. The van der Waals surface area contributed by atoms with Gasteiger partial charge in [-0.15, -0.1) is 0 Å². The minimum absolute atomic E-state index is 0.00126. The van der Waals surface area contributed by atoms with E-state index in [2.05, 4.69) is 5.32 Å². The highest BCUT2D eigenvalue weighted by molar-refractivity contribution is 5.93. The van der Waals surface area contributed by atoms with E-state index in [1.165, 1.54) is 26.2 Å². The van der Waals surface area contributed by atoms with Crippen LogP contribution < -0.4 is 5.32 Å². The summed E-state index contributed by atoms with van der Waals surface area (Å²) in [6, 6.07) is 14.5. The van der Waals surface area contributed by atoms with Gasteiger partial charge in [-0.2, -0.15) is 0 Å². The van der Waals surface area contributed by atoms with E-state index in [1.54, 1.807) is 104 Å². The van der Waals surface area contributed by atoms with Crippen LogP contribution in [0.25, 0.3) is 0 Å². The molecule has 2 bridgehead atoms. The van der Waals surface area contributed by atoms with Crippen LogP contribution in [0.3, 0.4) is 0 Å². The lowest BCUT2D eigenvalue weighted by Gasteiger charge is -2.68. The molecule has 376 valence electrons. The lowest BCUT2D eigenvalue weighted by molar-refractivity contribution is -0.347. The van der Waals surface area contributed by atoms with Gasteiger partial charge in [0.15, 0.2) is 18.0 Å². The number of carbonyl (C=O) groups is 7. The first kappa shape index (κ1) is 52.7. The van der Waals surface area contributed by atoms with Gasteiger partial charge in [0, 0.05) is 38.7 Å². The predicted octanol–water partition coefficient (Wildman–Crippen LogP) is 5.06. The van der Waals surface area contributed by atoms with Crippen molar-refractivity contribution in [2.75, 3.05) is 26.9 Å². The summed E-state index contributed by atoms with van der Waals surface area (Å²) in [5.74, 6) is -8.19. The van der Waals surface area contributed by atoms with Crippen molar-refractivity contribution in [3.63, 3.8) is 0 Å². The zero-order chi connectivity index (χ0) is 50.9. The number of ether oxygens (including phenoxy) is 8. The van der Waals surface area contributed by atoms with E-state index in [9.17, 15) is 34.2 Å². The Morgan fingerprint density at radius 2 is 1.58 bits per heavy atom. The zero-order valence-corrected chi connectivity index (χ0v) is 40.9. The molecule has 0 radical (unpaired) electrons. The summed E-state index contributed by atoms with van der Waals surface area (Å²) in [5, 5.41) is 27.9. The predicted molar refractivity (Wildman–Crippen MR) is 243 cm³/mol. The van der Waals surface area contributed by atoms with E-state index in [4.69, 9.17) is 37.9 Å². The highest BCUT2D eigenvalue weighted by Gasteiger charge is 2.78. The smallest absolute Gasteiger partial charge is 0.408 e. The minimum atomic E-state index is -2.35. The number of carbonyl (C=O) groups excluding carboxylic acids is 7. The minimum Gasteiger partial charge on any atom is -0.455 e. The molecule has 1 unspecified atom stereocenters. The molecule has 3 fully saturated rings. The summed E-state index contributed by atoms with van der Waals surface area (Å²) in [4.78, 5) is 97.7. The van der Waals surface area contributed by atoms with Gasteiger partial charge in [0.25, 0.3) is 0 Å². The van der Waals surface area contributed by atoms with Gasteiger partial charge in [-0.05, 0) is 69.9 Å². The maximum Gasteiger partial charge on any atom is 0.408 e. The van der Waals surface area contributed by atoms with E-state index in [0.29, 0.717) is 6.42 Å². The van der Waals surface area contributed by atoms with Crippen LogP contribution in [0.4, 0.5) is 4.79 Å². The summed E-state index contributed by atoms with van der Waals surface area (Å²) in [6.07, 6.45) is -8.24. The van der Waals surface area contributed by atoms with Crippen molar-refractivity contribution in [3.8, 4) is 0 Å². The molecule has 1 amide bonds. The summed E-state index contributed by atoms with van der Waals surface area (Å²) >= 11 is 0. The first-order valence-electron chi connectivity index (χ1n) is 23.2. The number of fused-ring (bicyclic) bond motifs is 5. The number of esters is 5. The molecule has 18 heteroatoms. The molecule has 69 heavy (non-hydrogen) atoms. The van der Waals surface area contributed by atoms with Crippen molar-refractivity contribution in [3.05, 3.63) is 82.9 Å². The van der Waals surface area contributed by atoms with Crippen molar-refractivity contribution in [2.24, 2.45) is 22.7 Å². The monoisotopic (exact) mass is 963 g/mol. The second kappa shape index (κ2) is 20.3. The highest BCUT2D eigenvalue weighted by Crippen LogP contribution is 2.65. The van der Waals surface area contributed by atoms with Gasteiger partial charge in [-0.3, -0.25) is 14.4 Å². The van der Waals surface area contributed by atoms with Gasteiger partial charge in [-0.1, -0.05) is 69.3 Å². The third kappa shape index (κ3) is 10.0. The third-order valence-electron chi connectivity index (χ3n) is 14.2. The number of methoxy groups -OCH3 is 1. The Balaban J connectivity index is 1.54. The van der Waals surface area contributed by atoms with Gasteiger partial charge in [0.05, 0.1) is 42.1 Å². The molecule has 2 aromatic rings. The van der Waals surface area contributed by atoms with Crippen LogP contribution in [0.2, 0.25) is 0 Å². The molecule has 18 nitrogen and oxygen atoms in total. The van der Waals surface area contributed by atoms with Crippen LogP contribution in [0, 0.1) is 22.7 Å². The zero-order valence-electron chi connectivity index (χ0n) is 40.9. The molecule has 2 aromatic carbocycles. The van der Waals surface area contributed by atoms with Crippen LogP contribution in [0.5, 0.6) is 0 Å². The molecule has 11 atom stereocenters. The topological polar surface area (TPSA) is 246 Å². The highest BCUT2D eigenvalue weighted by atomic mass is 16.6. The number of hydrogen-bond acceptors (Lipinski definition) is 17. The molecular weight excluding hydrogens is 899 g/mol. The van der Waals surface area contributed by atoms with E-state index >= 15 is 9.59 Å². The molecule has 1 saturated heterocycles. The molecule has 1 aliphatic heterocycles. The molecule has 6 rings (SSSR count). The molecule has 2 saturated carbocycles. The van der Waals surface area contributed by atoms with Gasteiger partial charge in [-0.25, -0.2) is 19.2 Å². The largest absolute Gasteiger partial charge is 0.455 e. The summed E-state index contributed by atoms with van der Waals surface area (Å²) in [7, 11) is 1.40. The van der Waals surface area contributed by atoms with Crippen LogP contribution in [-0.2, 0) is 61.9 Å².